The molecule has 0 amide bonds. The van der Waals surface area contributed by atoms with E-state index in [-0.39, 0.29) is 11.1 Å². The molecule has 2 rings (SSSR count). The fraction of sp³-hybridized carbons (Fsp3) is 0.133. The standard InChI is InChI=1S/C15H14O4/c16-13(14(17)18)15(19,11-7-3-1-4-8-11)12-9-5-2-6-10-12/h1-10,13,16,19H,(H,17,18)/p-1. The Morgan fingerprint density at radius 2 is 1.32 bits per heavy atom. The highest BCUT2D eigenvalue weighted by atomic mass is 16.4. The number of hydrogen-bond acceptors (Lipinski definition) is 4. The van der Waals surface area contributed by atoms with E-state index in [0.29, 0.717) is 0 Å². The third kappa shape index (κ3) is 2.36. The number of rotatable bonds is 4. The Labute approximate surface area is 110 Å². The highest BCUT2D eigenvalue weighted by Gasteiger charge is 2.40. The van der Waals surface area contributed by atoms with Crippen LogP contribution < -0.4 is 5.11 Å². The largest absolute Gasteiger partial charge is 0.547 e. The van der Waals surface area contributed by atoms with E-state index in [2.05, 4.69) is 0 Å². The molecule has 19 heavy (non-hydrogen) atoms. The minimum Gasteiger partial charge on any atom is -0.547 e. The van der Waals surface area contributed by atoms with Crippen LogP contribution in [0.4, 0.5) is 0 Å². The average Bonchev–Trinajstić information content (AvgIpc) is 2.47. The Morgan fingerprint density at radius 1 is 0.947 bits per heavy atom. The summed E-state index contributed by atoms with van der Waals surface area (Å²) in [5, 5.41) is 31.5. The summed E-state index contributed by atoms with van der Waals surface area (Å²) in [6.07, 6.45) is -2.06. The van der Waals surface area contributed by atoms with Crippen molar-refractivity contribution in [1.29, 1.82) is 0 Å². The predicted molar refractivity (Wildman–Crippen MR) is 66.9 cm³/mol. The lowest BCUT2D eigenvalue weighted by Gasteiger charge is -2.34. The normalized spacial score (nSPS) is 12.9. The third-order valence-electron chi connectivity index (χ3n) is 3.05. The summed E-state index contributed by atoms with van der Waals surface area (Å²) in [6.45, 7) is 0. The Bertz CT molecular complexity index is 511. The van der Waals surface area contributed by atoms with Gasteiger partial charge in [0.1, 0.15) is 11.7 Å². The SMILES string of the molecule is O=C([O-])C(O)C(O)(c1ccccc1)c1ccccc1. The van der Waals surface area contributed by atoms with E-state index in [1.165, 1.54) is 0 Å². The lowest BCUT2D eigenvalue weighted by Crippen LogP contribution is -2.51. The van der Waals surface area contributed by atoms with E-state index in [1.54, 1.807) is 60.7 Å². The maximum Gasteiger partial charge on any atom is 0.146 e. The second kappa shape index (κ2) is 5.22. The number of benzene rings is 2. The van der Waals surface area contributed by atoms with E-state index < -0.39 is 17.7 Å². The van der Waals surface area contributed by atoms with Crippen molar-refractivity contribution in [2.75, 3.05) is 0 Å². The average molecular weight is 257 g/mol. The molecule has 4 heteroatoms. The number of aliphatic carboxylic acids is 1. The van der Waals surface area contributed by atoms with Gasteiger partial charge in [0.05, 0.1) is 5.97 Å². The summed E-state index contributed by atoms with van der Waals surface area (Å²) < 4.78 is 0. The molecule has 4 nitrogen and oxygen atoms in total. The van der Waals surface area contributed by atoms with Crippen LogP contribution in [0.1, 0.15) is 11.1 Å². The third-order valence-corrected chi connectivity index (χ3v) is 3.05. The predicted octanol–water partition coefficient (Wildman–Crippen LogP) is 0.0333. The van der Waals surface area contributed by atoms with Gasteiger partial charge in [-0.1, -0.05) is 60.7 Å². The monoisotopic (exact) mass is 257 g/mol. The number of aliphatic hydroxyl groups is 2. The number of carboxylic acids is 1. The summed E-state index contributed by atoms with van der Waals surface area (Å²) >= 11 is 0. The number of carboxylic acid groups (broad SMARTS) is 1. The fourth-order valence-corrected chi connectivity index (χ4v) is 2.04. The molecule has 0 bridgehead atoms. The molecule has 0 saturated heterocycles. The van der Waals surface area contributed by atoms with Crippen molar-refractivity contribution in [3.8, 4) is 0 Å². The van der Waals surface area contributed by atoms with Gasteiger partial charge in [0.2, 0.25) is 0 Å². The molecule has 0 aliphatic carbocycles. The second-order valence-electron chi connectivity index (χ2n) is 4.22. The number of carbonyl (C=O) groups is 1. The van der Waals surface area contributed by atoms with E-state index in [4.69, 9.17) is 0 Å². The summed E-state index contributed by atoms with van der Waals surface area (Å²) in [5.74, 6) is -1.73. The van der Waals surface area contributed by atoms with Gasteiger partial charge in [0.25, 0.3) is 0 Å². The van der Waals surface area contributed by atoms with Crippen LogP contribution in [-0.4, -0.2) is 22.3 Å². The van der Waals surface area contributed by atoms with Crippen LogP contribution in [0.5, 0.6) is 0 Å². The van der Waals surface area contributed by atoms with Crippen molar-refractivity contribution >= 4 is 5.97 Å². The fourth-order valence-electron chi connectivity index (χ4n) is 2.04. The first-order valence-electron chi connectivity index (χ1n) is 5.79. The van der Waals surface area contributed by atoms with E-state index >= 15 is 0 Å². The van der Waals surface area contributed by atoms with Gasteiger partial charge in [-0.3, -0.25) is 0 Å². The molecule has 0 fully saturated rings. The molecule has 0 aliphatic rings. The summed E-state index contributed by atoms with van der Waals surface area (Å²) in [7, 11) is 0. The number of aliphatic hydroxyl groups excluding tert-OH is 1. The van der Waals surface area contributed by atoms with Crippen molar-refractivity contribution in [1.82, 2.24) is 0 Å². The van der Waals surface area contributed by atoms with Crippen LogP contribution in [0.3, 0.4) is 0 Å². The van der Waals surface area contributed by atoms with Crippen LogP contribution in [0.2, 0.25) is 0 Å². The lowest BCUT2D eigenvalue weighted by atomic mass is 9.81. The van der Waals surface area contributed by atoms with Gasteiger partial charge >= 0.3 is 0 Å². The van der Waals surface area contributed by atoms with Crippen molar-refractivity contribution < 1.29 is 20.1 Å². The zero-order valence-electron chi connectivity index (χ0n) is 10.1. The summed E-state index contributed by atoms with van der Waals surface area (Å²) in [6, 6.07) is 16.3. The van der Waals surface area contributed by atoms with Gasteiger partial charge in [0.15, 0.2) is 0 Å². The van der Waals surface area contributed by atoms with Crippen molar-refractivity contribution in [2.24, 2.45) is 0 Å². The lowest BCUT2D eigenvalue weighted by molar-refractivity contribution is -0.321. The molecule has 0 saturated carbocycles. The zero-order chi connectivity index (χ0) is 13.9. The topological polar surface area (TPSA) is 80.6 Å². The first kappa shape index (κ1) is 13.3. The molecule has 1 atom stereocenters. The van der Waals surface area contributed by atoms with Gasteiger partial charge in [-0.25, -0.2) is 0 Å². The molecular weight excluding hydrogens is 244 g/mol. The van der Waals surface area contributed by atoms with E-state index in [9.17, 15) is 20.1 Å². The summed E-state index contributed by atoms with van der Waals surface area (Å²) in [5.41, 5.74) is -1.46. The maximum absolute atomic E-state index is 11.0. The minimum atomic E-state index is -2.06. The van der Waals surface area contributed by atoms with Gasteiger partial charge in [0, 0.05) is 0 Å². The Hall–Kier alpha value is -2.17. The zero-order valence-corrected chi connectivity index (χ0v) is 10.1. The van der Waals surface area contributed by atoms with Crippen molar-refractivity contribution in [3.63, 3.8) is 0 Å². The molecule has 0 spiro atoms. The van der Waals surface area contributed by atoms with Crippen molar-refractivity contribution in [2.45, 2.75) is 11.7 Å². The summed E-state index contributed by atoms with van der Waals surface area (Å²) in [4.78, 5) is 11.0. The highest BCUT2D eigenvalue weighted by Crippen LogP contribution is 2.32. The number of hydrogen-bond donors (Lipinski definition) is 2. The second-order valence-corrected chi connectivity index (χ2v) is 4.22. The minimum absolute atomic E-state index is 0.290. The van der Waals surface area contributed by atoms with Crippen LogP contribution in [-0.2, 0) is 10.4 Å². The highest BCUT2D eigenvalue weighted by molar-refractivity contribution is 5.73. The molecule has 2 aromatic rings. The quantitative estimate of drug-likeness (QED) is 0.810. The van der Waals surface area contributed by atoms with Crippen LogP contribution >= 0.6 is 0 Å². The molecule has 0 radical (unpaired) electrons. The van der Waals surface area contributed by atoms with Crippen LogP contribution in [0, 0.1) is 0 Å². The maximum atomic E-state index is 11.0. The van der Waals surface area contributed by atoms with Crippen molar-refractivity contribution in [3.05, 3.63) is 71.8 Å². The first-order chi connectivity index (χ1) is 9.06. The number of carbonyl (C=O) groups excluding carboxylic acids is 1. The molecule has 0 aromatic heterocycles. The molecule has 1 unspecified atom stereocenters. The van der Waals surface area contributed by atoms with Crippen LogP contribution in [0.25, 0.3) is 0 Å². The molecular formula is C15H13O4-. The molecule has 0 heterocycles. The van der Waals surface area contributed by atoms with Gasteiger partial charge < -0.3 is 20.1 Å². The van der Waals surface area contributed by atoms with Gasteiger partial charge in [-0.2, -0.15) is 0 Å². The van der Waals surface area contributed by atoms with Crippen LogP contribution in [0.15, 0.2) is 60.7 Å². The first-order valence-corrected chi connectivity index (χ1v) is 5.79. The Morgan fingerprint density at radius 3 is 1.63 bits per heavy atom. The Kier molecular flexibility index (Phi) is 3.64. The van der Waals surface area contributed by atoms with E-state index in [1.807, 2.05) is 0 Å². The van der Waals surface area contributed by atoms with E-state index in [0.717, 1.165) is 0 Å². The smallest absolute Gasteiger partial charge is 0.146 e. The molecule has 0 aliphatic heterocycles. The van der Waals surface area contributed by atoms with Gasteiger partial charge in [-0.15, -0.1) is 0 Å². The molecule has 2 N–H and O–H groups in total. The molecule has 98 valence electrons. The molecule has 2 aromatic carbocycles. The Balaban J connectivity index is 2.61. The van der Waals surface area contributed by atoms with Gasteiger partial charge in [-0.05, 0) is 11.1 Å².